The van der Waals surface area contributed by atoms with Gasteiger partial charge in [-0.05, 0) is 38.0 Å². The van der Waals surface area contributed by atoms with E-state index in [1.807, 2.05) is 6.92 Å². The van der Waals surface area contributed by atoms with E-state index in [-0.39, 0.29) is 23.3 Å². The van der Waals surface area contributed by atoms with Crippen molar-refractivity contribution in [1.29, 1.82) is 0 Å². The number of carboxylic acids is 1. The Labute approximate surface area is 110 Å². The average Bonchev–Trinajstić information content (AvgIpc) is 3.16. The van der Waals surface area contributed by atoms with Crippen LogP contribution in [0.4, 0.5) is 14.9 Å². The molecule has 102 valence electrons. The molecule has 0 heterocycles. The molecule has 5 nitrogen and oxygen atoms in total. The van der Waals surface area contributed by atoms with Crippen molar-refractivity contribution in [2.24, 2.45) is 0 Å². The number of aromatic carboxylic acids is 1. The van der Waals surface area contributed by atoms with Crippen molar-refractivity contribution in [2.45, 2.75) is 25.8 Å². The SMILES string of the molecule is CCN(C(=O)Nc1ccc(F)cc1C(=O)O)C1CC1. The summed E-state index contributed by atoms with van der Waals surface area (Å²) in [5.41, 5.74) is -0.141. The van der Waals surface area contributed by atoms with Crippen molar-refractivity contribution in [3.8, 4) is 0 Å². The molecule has 1 fully saturated rings. The van der Waals surface area contributed by atoms with E-state index in [0.29, 0.717) is 6.54 Å². The summed E-state index contributed by atoms with van der Waals surface area (Å²) in [6.07, 6.45) is 1.94. The highest BCUT2D eigenvalue weighted by Crippen LogP contribution is 2.27. The first kappa shape index (κ1) is 13.3. The first-order valence-corrected chi connectivity index (χ1v) is 6.13. The average molecular weight is 266 g/mol. The summed E-state index contributed by atoms with van der Waals surface area (Å²) < 4.78 is 13.0. The molecule has 0 spiro atoms. The highest BCUT2D eigenvalue weighted by Gasteiger charge is 2.31. The van der Waals surface area contributed by atoms with Crippen LogP contribution in [0.2, 0.25) is 0 Å². The van der Waals surface area contributed by atoms with Gasteiger partial charge in [-0.1, -0.05) is 0 Å². The Morgan fingerprint density at radius 1 is 1.47 bits per heavy atom. The van der Waals surface area contributed by atoms with E-state index in [1.54, 1.807) is 4.90 Å². The number of halogens is 1. The standard InChI is InChI=1S/C13H15FN2O3/c1-2-16(9-4-5-9)13(19)15-11-6-3-8(14)7-10(11)12(17)18/h3,6-7,9H,2,4-5H2,1H3,(H,15,19)(H,17,18). The largest absolute Gasteiger partial charge is 0.478 e. The van der Waals surface area contributed by atoms with Gasteiger partial charge < -0.3 is 15.3 Å². The number of anilines is 1. The second kappa shape index (κ2) is 5.26. The first-order chi connectivity index (χ1) is 9.02. The molecule has 1 aromatic carbocycles. The number of urea groups is 1. The molecule has 19 heavy (non-hydrogen) atoms. The molecule has 0 saturated heterocycles. The van der Waals surface area contributed by atoms with Crippen LogP contribution < -0.4 is 5.32 Å². The number of amides is 2. The van der Waals surface area contributed by atoms with E-state index in [4.69, 9.17) is 5.11 Å². The van der Waals surface area contributed by atoms with Crippen LogP contribution in [0.5, 0.6) is 0 Å². The minimum Gasteiger partial charge on any atom is -0.478 e. The van der Waals surface area contributed by atoms with Crippen molar-refractivity contribution in [1.82, 2.24) is 4.90 Å². The molecule has 2 N–H and O–H groups in total. The second-order valence-corrected chi connectivity index (χ2v) is 4.44. The summed E-state index contributed by atoms with van der Waals surface area (Å²) in [6, 6.07) is 3.16. The van der Waals surface area contributed by atoms with Crippen LogP contribution in [-0.4, -0.2) is 34.6 Å². The maximum Gasteiger partial charge on any atom is 0.337 e. The van der Waals surface area contributed by atoms with E-state index in [9.17, 15) is 14.0 Å². The fraction of sp³-hybridized carbons (Fsp3) is 0.385. The predicted octanol–water partition coefficient (Wildman–Crippen LogP) is 2.54. The Hall–Kier alpha value is -2.11. The lowest BCUT2D eigenvalue weighted by molar-refractivity contribution is 0.0697. The minimum absolute atomic E-state index is 0.109. The zero-order valence-electron chi connectivity index (χ0n) is 10.5. The van der Waals surface area contributed by atoms with Gasteiger partial charge in [0.05, 0.1) is 11.3 Å². The van der Waals surface area contributed by atoms with Crippen LogP contribution >= 0.6 is 0 Å². The molecule has 0 unspecified atom stereocenters. The van der Waals surface area contributed by atoms with Gasteiger partial charge in [-0.3, -0.25) is 0 Å². The van der Waals surface area contributed by atoms with Crippen LogP contribution in [0.1, 0.15) is 30.1 Å². The molecule has 2 amide bonds. The summed E-state index contributed by atoms with van der Waals surface area (Å²) in [7, 11) is 0. The second-order valence-electron chi connectivity index (χ2n) is 4.44. The highest BCUT2D eigenvalue weighted by atomic mass is 19.1. The normalized spacial score (nSPS) is 14.0. The Kier molecular flexibility index (Phi) is 3.69. The number of benzene rings is 1. The Morgan fingerprint density at radius 2 is 2.16 bits per heavy atom. The summed E-state index contributed by atoms with van der Waals surface area (Å²) in [5, 5.41) is 11.5. The van der Waals surface area contributed by atoms with E-state index >= 15 is 0 Å². The van der Waals surface area contributed by atoms with Crippen LogP contribution in [0.15, 0.2) is 18.2 Å². The quantitative estimate of drug-likeness (QED) is 0.879. The number of carboxylic acid groups (broad SMARTS) is 1. The van der Waals surface area contributed by atoms with Gasteiger partial charge in [0.1, 0.15) is 5.82 Å². The van der Waals surface area contributed by atoms with Crippen LogP contribution in [0.3, 0.4) is 0 Å². The smallest absolute Gasteiger partial charge is 0.337 e. The van der Waals surface area contributed by atoms with Crippen LogP contribution in [0, 0.1) is 5.82 Å². The number of rotatable bonds is 4. The van der Waals surface area contributed by atoms with E-state index in [1.165, 1.54) is 6.07 Å². The van der Waals surface area contributed by atoms with E-state index in [2.05, 4.69) is 5.32 Å². The molecule has 0 atom stereocenters. The maximum absolute atomic E-state index is 13.0. The molecule has 1 saturated carbocycles. The van der Waals surface area contributed by atoms with Crippen LogP contribution in [-0.2, 0) is 0 Å². The number of hydrogen-bond acceptors (Lipinski definition) is 2. The van der Waals surface area contributed by atoms with Gasteiger partial charge in [0, 0.05) is 12.6 Å². The van der Waals surface area contributed by atoms with E-state index < -0.39 is 11.8 Å². The fourth-order valence-corrected chi connectivity index (χ4v) is 1.94. The van der Waals surface area contributed by atoms with Gasteiger partial charge in [-0.15, -0.1) is 0 Å². The molecular formula is C13H15FN2O3. The lowest BCUT2D eigenvalue weighted by Gasteiger charge is -2.21. The topological polar surface area (TPSA) is 69.6 Å². The number of carbonyl (C=O) groups excluding carboxylic acids is 1. The summed E-state index contributed by atoms with van der Waals surface area (Å²) in [5.74, 6) is -1.92. The third-order valence-electron chi connectivity index (χ3n) is 3.04. The van der Waals surface area contributed by atoms with Gasteiger partial charge in [0.25, 0.3) is 0 Å². The zero-order valence-corrected chi connectivity index (χ0v) is 10.5. The van der Waals surface area contributed by atoms with Crippen molar-refractivity contribution in [2.75, 3.05) is 11.9 Å². The lowest BCUT2D eigenvalue weighted by Crippen LogP contribution is -2.36. The van der Waals surface area contributed by atoms with Crippen molar-refractivity contribution < 1.29 is 19.1 Å². The highest BCUT2D eigenvalue weighted by molar-refractivity contribution is 6.00. The molecule has 6 heteroatoms. The number of hydrogen-bond donors (Lipinski definition) is 2. The first-order valence-electron chi connectivity index (χ1n) is 6.13. The molecule has 0 aliphatic heterocycles. The van der Waals surface area contributed by atoms with Gasteiger partial charge in [0.15, 0.2) is 0 Å². The van der Waals surface area contributed by atoms with Gasteiger partial charge in [-0.2, -0.15) is 0 Å². The molecular weight excluding hydrogens is 251 g/mol. The summed E-state index contributed by atoms with van der Waals surface area (Å²) in [6.45, 7) is 2.42. The molecule has 0 radical (unpaired) electrons. The van der Waals surface area contributed by atoms with Crippen molar-refractivity contribution in [3.05, 3.63) is 29.6 Å². The summed E-state index contributed by atoms with van der Waals surface area (Å²) >= 11 is 0. The number of carbonyl (C=O) groups is 2. The lowest BCUT2D eigenvalue weighted by atomic mass is 10.1. The summed E-state index contributed by atoms with van der Waals surface area (Å²) in [4.78, 5) is 24.7. The predicted molar refractivity (Wildman–Crippen MR) is 67.8 cm³/mol. The molecule has 0 bridgehead atoms. The van der Waals surface area contributed by atoms with Crippen molar-refractivity contribution >= 4 is 17.7 Å². The third kappa shape index (κ3) is 3.01. The van der Waals surface area contributed by atoms with Crippen LogP contribution in [0.25, 0.3) is 0 Å². The van der Waals surface area contributed by atoms with Gasteiger partial charge in [0.2, 0.25) is 0 Å². The zero-order chi connectivity index (χ0) is 14.0. The third-order valence-corrected chi connectivity index (χ3v) is 3.04. The fourth-order valence-electron chi connectivity index (χ4n) is 1.94. The minimum atomic E-state index is -1.27. The van der Waals surface area contributed by atoms with Crippen molar-refractivity contribution in [3.63, 3.8) is 0 Å². The molecule has 0 aromatic heterocycles. The molecule has 2 rings (SSSR count). The Morgan fingerprint density at radius 3 is 2.68 bits per heavy atom. The number of nitrogens with one attached hydrogen (secondary N) is 1. The Bertz CT molecular complexity index is 515. The maximum atomic E-state index is 13.0. The Balaban J connectivity index is 2.18. The molecule has 1 aliphatic rings. The molecule has 1 aliphatic carbocycles. The number of nitrogens with zero attached hydrogens (tertiary/aromatic N) is 1. The van der Waals surface area contributed by atoms with Gasteiger partial charge in [-0.25, -0.2) is 14.0 Å². The van der Waals surface area contributed by atoms with Gasteiger partial charge >= 0.3 is 12.0 Å². The molecule has 1 aromatic rings. The van der Waals surface area contributed by atoms with E-state index in [0.717, 1.165) is 25.0 Å². The monoisotopic (exact) mass is 266 g/mol.